The molecule has 0 aliphatic carbocycles. The van der Waals surface area contributed by atoms with E-state index in [4.69, 9.17) is 9.47 Å². The van der Waals surface area contributed by atoms with Crippen LogP contribution in [0.15, 0.2) is 12.4 Å². The molecule has 0 saturated carbocycles. The lowest BCUT2D eigenvalue weighted by Crippen LogP contribution is -2.39. The number of hydrogen-bond donors (Lipinski definition) is 1. The fraction of sp³-hybridized carbons (Fsp3) is 0.750. The number of methoxy groups -OCH3 is 1. The minimum atomic E-state index is 0.703. The predicted octanol–water partition coefficient (Wildman–Crippen LogP) is 0.274. The van der Waals surface area contributed by atoms with Crippen molar-refractivity contribution in [1.82, 2.24) is 14.5 Å². The molecule has 1 fully saturated rings. The molecule has 0 amide bonds. The van der Waals surface area contributed by atoms with Gasteiger partial charge in [0.25, 0.3) is 0 Å². The van der Waals surface area contributed by atoms with E-state index in [0.717, 1.165) is 51.9 Å². The monoisotopic (exact) mass is 254 g/mol. The number of imidazole rings is 1. The van der Waals surface area contributed by atoms with E-state index in [1.807, 2.05) is 12.4 Å². The number of anilines is 1. The Kier molecular flexibility index (Phi) is 5.44. The lowest BCUT2D eigenvalue weighted by atomic mass is 10.4. The van der Waals surface area contributed by atoms with Gasteiger partial charge in [-0.05, 0) is 0 Å². The number of hydrogen-bond acceptors (Lipinski definition) is 5. The second kappa shape index (κ2) is 7.35. The largest absolute Gasteiger partial charge is 0.383 e. The normalized spacial score (nSPS) is 16.9. The Balaban J connectivity index is 1.70. The van der Waals surface area contributed by atoms with Gasteiger partial charge in [0.1, 0.15) is 0 Å². The number of morpholine rings is 1. The van der Waals surface area contributed by atoms with Crippen molar-refractivity contribution in [3.63, 3.8) is 0 Å². The predicted molar refractivity (Wildman–Crippen MR) is 69.9 cm³/mol. The van der Waals surface area contributed by atoms with Crippen LogP contribution in [0.1, 0.15) is 0 Å². The van der Waals surface area contributed by atoms with Gasteiger partial charge < -0.3 is 19.4 Å². The summed E-state index contributed by atoms with van der Waals surface area (Å²) in [5.41, 5.74) is 0. The van der Waals surface area contributed by atoms with Gasteiger partial charge in [0, 0.05) is 52.2 Å². The van der Waals surface area contributed by atoms with Crippen molar-refractivity contribution < 1.29 is 9.47 Å². The first kappa shape index (κ1) is 13.3. The summed E-state index contributed by atoms with van der Waals surface area (Å²) in [5, 5.41) is 3.36. The van der Waals surface area contributed by atoms with Crippen LogP contribution in [0, 0.1) is 0 Å². The number of rotatable bonds is 7. The Morgan fingerprint density at radius 2 is 2.22 bits per heavy atom. The number of ether oxygens (including phenoxy) is 2. The first-order chi connectivity index (χ1) is 8.90. The van der Waals surface area contributed by atoms with Crippen molar-refractivity contribution in [3.05, 3.63) is 12.4 Å². The van der Waals surface area contributed by atoms with Crippen molar-refractivity contribution in [2.24, 2.45) is 0 Å². The Labute approximate surface area is 108 Å². The molecular formula is C12H22N4O2. The van der Waals surface area contributed by atoms with Crippen molar-refractivity contribution in [2.75, 3.05) is 58.4 Å². The van der Waals surface area contributed by atoms with E-state index >= 15 is 0 Å². The van der Waals surface area contributed by atoms with Gasteiger partial charge in [-0.15, -0.1) is 0 Å². The van der Waals surface area contributed by atoms with Crippen LogP contribution in [0.2, 0.25) is 0 Å². The third kappa shape index (κ3) is 3.97. The Morgan fingerprint density at radius 1 is 1.39 bits per heavy atom. The highest BCUT2D eigenvalue weighted by atomic mass is 16.5. The molecule has 0 bridgehead atoms. The van der Waals surface area contributed by atoms with Gasteiger partial charge in [-0.1, -0.05) is 0 Å². The summed E-state index contributed by atoms with van der Waals surface area (Å²) >= 11 is 0. The maximum atomic E-state index is 5.32. The van der Waals surface area contributed by atoms with Crippen LogP contribution in [-0.2, 0) is 16.0 Å². The van der Waals surface area contributed by atoms with Gasteiger partial charge in [-0.2, -0.15) is 0 Å². The van der Waals surface area contributed by atoms with Crippen molar-refractivity contribution in [1.29, 1.82) is 0 Å². The van der Waals surface area contributed by atoms with E-state index in [1.165, 1.54) is 0 Å². The van der Waals surface area contributed by atoms with E-state index in [9.17, 15) is 0 Å². The molecule has 1 N–H and O–H groups in total. The van der Waals surface area contributed by atoms with E-state index in [0.29, 0.717) is 6.61 Å². The van der Waals surface area contributed by atoms with E-state index < -0.39 is 0 Å². The van der Waals surface area contributed by atoms with Crippen LogP contribution < -0.4 is 5.32 Å². The number of nitrogens with one attached hydrogen (secondary N) is 1. The Hall–Kier alpha value is -1.11. The molecule has 2 rings (SSSR count). The van der Waals surface area contributed by atoms with Crippen LogP contribution >= 0.6 is 0 Å². The molecule has 1 aromatic heterocycles. The summed E-state index contributed by atoms with van der Waals surface area (Å²) in [6.45, 7) is 7.22. The van der Waals surface area contributed by atoms with Crippen LogP contribution in [0.25, 0.3) is 0 Å². The lowest BCUT2D eigenvalue weighted by Gasteiger charge is -2.26. The summed E-state index contributed by atoms with van der Waals surface area (Å²) in [5.74, 6) is 0.917. The van der Waals surface area contributed by atoms with Crippen molar-refractivity contribution in [2.45, 2.75) is 6.54 Å². The highest BCUT2D eigenvalue weighted by molar-refractivity contribution is 5.25. The number of nitrogens with zero attached hydrogens (tertiary/aromatic N) is 3. The molecule has 18 heavy (non-hydrogen) atoms. The molecule has 1 aliphatic rings. The molecule has 0 radical (unpaired) electrons. The molecule has 1 saturated heterocycles. The van der Waals surface area contributed by atoms with Gasteiger partial charge in [0.15, 0.2) is 0 Å². The number of aromatic nitrogens is 2. The average Bonchev–Trinajstić information content (AvgIpc) is 2.85. The van der Waals surface area contributed by atoms with Gasteiger partial charge >= 0.3 is 0 Å². The first-order valence-corrected chi connectivity index (χ1v) is 6.44. The third-order valence-electron chi connectivity index (χ3n) is 3.07. The molecule has 2 heterocycles. The Morgan fingerprint density at radius 3 is 3.00 bits per heavy atom. The van der Waals surface area contributed by atoms with E-state index in [1.54, 1.807) is 7.11 Å². The average molecular weight is 254 g/mol. The first-order valence-electron chi connectivity index (χ1n) is 6.44. The molecular weight excluding hydrogens is 232 g/mol. The SMILES string of the molecule is COCCn1ccnc1NCCN1CCOCC1. The van der Waals surface area contributed by atoms with E-state index in [-0.39, 0.29) is 0 Å². The second-order valence-electron chi connectivity index (χ2n) is 4.32. The second-order valence-corrected chi connectivity index (χ2v) is 4.32. The molecule has 6 nitrogen and oxygen atoms in total. The smallest absolute Gasteiger partial charge is 0.202 e. The van der Waals surface area contributed by atoms with Crippen molar-refractivity contribution in [3.8, 4) is 0 Å². The molecule has 1 aliphatic heterocycles. The van der Waals surface area contributed by atoms with Gasteiger partial charge in [0.2, 0.25) is 5.95 Å². The summed E-state index contributed by atoms with van der Waals surface area (Å²) in [6, 6.07) is 0. The lowest BCUT2D eigenvalue weighted by molar-refractivity contribution is 0.0398. The molecule has 0 unspecified atom stereocenters. The maximum absolute atomic E-state index is 5.32. The molecule has 6 heteroatoms. The van der Waals surface area contributed by atoms with Crippen LogP contribution in [0.5, 0.6) is 0 Å². The fourth-order valence-electron chi connectivity index (χ4n) is 2.00. The van der Waals surface area contributed by atoms with Gasteiger partial charge in [-0.25, -0.2) is 4.98 Å². The summed E-state index contributed by atoms with van der Waals surface area (Å²) in [6.07, 6.45) is 3.78. The Bertz CT molecular complexity index is 337. The third-order valence-corrected chi connectivity index (χ3v) is 3.07. The molecule has 1 aromatic rings. The summed E-state index contributed by atoms with van der Waals surface area (Å²) < 4.78 is 12.5. The van der Waals surface area contributed by atoms with Gasteiger partial charge in [-0.3, -0.25) is 4.90 Å². The standard InChI is InChI=1S/C12H22N4O2/c1-17-9-8-16-5-3-14-12(16)13-2-4-15-6-10-18-11-7-15/h3,5H,2,4,6-11H2,1H3,(H,13,14). The summed E-state index contributed by atoms with van der Waals surface area (Å²) in [4.78, 5) is 6.71. The van der Waals surface area contributed by atoms with Crippen LogP contribution in [-0.4, -0.2) is 67.6 Å². The maximum Gasteiger partial charge on any atom is 0.202 e. The minimum Gasteiger partial charge on any atom is -0.383 e. The van der Waals surface area contributed by atoms with Crippen molar-refractivity contribution >= 4 is 5.95 Å². The molecule has 0 atom stereocenters. The van der Waals surface area contributed by atoms with Crippen LogP contribution in [0.4, 0.5) is 5.95 Å². The van der Waals surface area contributed by atoms with E-state index in [2.05, 4.69) is 19.8 Å². The summed E-state index contributed by atoms with van der Waals surface area (Å²) in [7, 11) is 1.71. The topological polar surface area (TPSA) is 51.5 Å². The minimum absolute atomic E-state index is 0.703. The molecule has 0 spiro atoms. The quantitative estimate of drug-likeness (QED) is 0.757. The zero-order valence-corrected chi connectivity index (χ0v) is 11.0. The molecule has 102 valence electrons. The van der Waals surface area contributed by atoms with Gasteiger partial charge in [0.05, 0.1) is 19.8 Å². The highest BCUT2D eigenvalue weighted by Crippen LogP contribution is 2.04. The van der Waals surface area contributed by atoms with Crippen LogP contribution in [0.3, 0.4) is 0 Å². The zero-order valence-electron chi connectivity index (χ0n) is 11.0. The zero-order chi connectivity index (χ0) is 12.6. The fourth-order valence-corrected chi connectivity index (χ4v) is 2.00. The highest BCUT2D eigenvalue weighted by Gasteiger charge is 2.09. The molecule has 0 aromatic carbocycles.